The Morgan fingerprint density at radius 1 is 1.22 bits per heavy atom. The normalized spacial score (nSPS) is 26.4. The first-order valence-electron chi connectivity index (χ1n) is 6.50. The second kappa shape index (κ2) is 4.71. The lowest BCUT2D eigenvalue weighted by atomic mass is 10.1. The largest absolute Gasteiger partial charge is 0.371 e. The van der Waals surface area contributed by atoms with Crippen molar-refractivity contribution in [1.29, 1.82) is 0 Å². The van der Waals surface area contributed by atoms with E-state index in [0.717, 1.165) is 37.1 Å². The number of hydrogen-bond acceptors (Lipinski definition) is 3. The maximum absolute atomic E-state index is 12.4. The highest BCUT2D eigenvalue weighted by molar-refractivity contribution is 5.94. The predicted molar refractivity (Wildman–Crippen MR) is 68.1 cm³/mol. The molecule has 2 bridgehead atoms. The van der Waals surface area contributed by atoms with Crippen molar-refractivity contribution in [1.82, 2.24) is 4.90 Å². The van der Waals surface area contributed by atoms with E-state index in [2.05, 4.69) is 0 Å². The topological polar surface area (TPSA) is 55.6 Å². The van der Waals surface area contributed by atoms with Crippen LogP contribution in [0.5, 0.6) is 0 Å². The van der Waals surface area contributed by atoms with Crippen molar-refractivity contribution in [2.45, 2.75) is 31.6 Å². The van der Waals surface area contributed by atoms with Crippen molar-refractivity contribution in [3.63, 3.8) is 0 Å². The van der Waals surface area contributed by atoms with Crippen LogP contribution in [0.4, 0.5) is 0 Å². The van der Waals surface area contributed by atoms with E-state index >= 15 is 0 Å². The molecule has 96 valence electrons. The summed E-state index contributed by atoms with van der Waals surface area (Å²) < 4.78 is 5.74. The Morgan fingerprint density at radius 2 is 1.83 bits per heavy atom. The molecule has 2 unspecified atom stereocenters. The Morgan fingerprint density at radius 3 is 2.39 bits per heavy atom. The molecule has 4 nitrogen and oxygen atoms in total. The van der Waals surface area contributed by atoms with Crippen LogP contribution in [-0.2, 0) is 11.3 Å². The van der Waals surface area contributed by atoms with Crippen molar-refractivity contribution in [2.24, 2.45) is 5.73 Å². The van der Waals surface area contributed by atoms with Gasteiger partial charge in [-0.2, -0.15) is 0 Å². The van der Waals surface area contributed by atoms with Crippen LogP contribution in [0.3, 0.4) is 0 Å². The van der Waals surface area contributed by atoms with Crippen LogP contribution < -0.4 is 5.73 Å². The summed E-state index contributed by atoms with van der Waals surface area (Å²) >= 11 is 0. The number of carbonyl (C=O) groups excluding carboxylic acids is 1. The molecule has 1 aromatic rings. The number of nitrogens with zero attached hydrogens (tertiary/aromatic N) is 1. The van der Waals surface area contributed by atoms with Gasteiger partial charge in [0.2, 0.25) is 0 Å². The van der Waals surface area contributed by atoms with Crippen molar-refractivity contribution < 1.29 is 9.53 Å². The third-order valence-corrected chi connectivity index (χ3v) is 3.77. The fourth-order valence-corrected chi connectivity index (χ4v) is 2.75. The van der Waals surface area contributed by atoms with Crippen molar-refractivity contribution in [3.8, 4) is 0 Å². The Hall–Kier alpha value is -1.39. The van der Waals surface area contributed by atoms with Gasteiger partial charge in [-0.05, 0) is 30.5 Å². The van der Waals surface area contributed by atoms with Gasteiger partial charge in [-0.15, -0.1) is 0 Å². The average Bonchev–Trinajstić information content (AvgIpc) is 2.77. The van der Waals surface area contributed by atoms with Crippen LogP contribution in [0, 0.1) is 0 Å². The summed E-state index contributed by atoms with van der Waals surface area (Å²) in [4.78, 5) is 14.3. The zero-order valence-corrected chi connectivity index (χ0v) is 10.3. The molecule has 0 spiro atoms. The number of amides is 1. The molecule has 3 rings (SSSR count). The van der Waals surface area contributed by atoms with Crippen molar-refractivity contribution in [2.75, 3.05) is 13.1 Å². The van der Waals surface area contributed by atoms with Gasteiger partial charge in [-0.3, -0.25) is 4.79 Å². The number of morpholine rings is 1. The lowest BCUT2D eigenvalue weighted by Gasteiger charge is -2.32. The SMILES string of the molecule is NCc1ccc(C(=O)N2CC3CCC(C2)O3)cc1. The van der Waals surface area contributed by atoms with Gasteiger partial charge in [-0.1, -0.05) is 12.1 Å². The Balaban J connectivity index is 1.73. The third kappa shape index (κ3) is 2.13. The van der Waals surface area contributed by atoms with Gasteiger partial charge in [0.25, 0.3) is 5.91 Å². The van der Waals surface area contributed by atoms with Gasteiger partial charge in [0, 0.05) is 25.2 Å². The summed E-state index contributed by atoms with van der Waals surface area (Å²) in [6.07, 6.45) is 2.66. The molecule has 2 fully saturated rings. The molecule has 0 saturated carbocycles. The van der Waals surface area contributed by atoms with Gasteiger partial charge >= 0.3 is 0 Å². The number of rotatable bonds is 2. The molecule has 0 aromatic heterocycles. The summed E-state index contributed by atoms with van der Waals surface area (Å²) in [5, 5.41) is 0. The van der Waals surface area contributed by atoms with E-state index in [0.29, 0.717) is 6.54 Å². The molecular formula is C14H18N2O2. The Kier molecular flexibility index (Phi) is 3.06. The van der Waals surface area contributed by atoms with Crippen LogP contribution in [-0.4, -0.2) is 36.1 Å². The summed E-state index contributed by atoms with van der Waals surface area (Å²) in [5.41, 5.74) is 7.35. The number of hydrogen-bond donors (Lipinski definition) is 1. The Labute approximate surface area is 107 Å². The lowest BCUT2D eigenvalue weighted by Crippen LogP contribution is -2.45. The minimum atomic E-state index is 0.110. The molecule has 18 heavy (non-hydrogen) atoms. The molecule has 2 N–H and O–H groups in total. The highest BCUT2D eigenvalue weighted by atomic mass is 16.5. The maximum Gasteiger partial charge on any atom is 0.254 e. The molecule has 0 aliphatic carbocycles. The molecule has 2 heterocycles. The van der Waals surface area contributed by atoms with E-state index in [4.69, 9.17) is 10.5 Å². The third-order valence-electron chi connectivity index (χ3n) is 3.77. The van der Waals surface area contributed by atoms with E-state index in [1.807, 2.05) is 29.2 Å². The van der Waals surface area contributed by atoms with Gasteiger partial charge < -0.3 is 15.4 Å². The lowest BCUT2D eigenvalue weighted by molar-refractivity contribution is -0.0303. The summed E-state index contributed by atoms with van der Waals surface area (Å²) in [6, 6.07) is 7.56. The minimum absolute atomic E-state index is 0.110. The second-order valence-corrected chi connectivity index (χ2v) is 5.07. The average molecular weight is 246 g/mol. The molecule has 2 atom stereocenters. The van der Waals surface area contributed by atoms with Crippen LogP contribution in [0.15, 0.2) is 24.3 Å². The first-order chi connectivity index (χ1) is 8.76. The van der Waals surface area contributed by atoms with E-state index < -0.39 is 0 Å². The fourth-order valence-electron chi connectivity index (χ4n) is 2.75. The summed E-state index contributed by atoms with van der Waals surface area (Å²) in [5.74, 6) is 0.110. The number of carbonyl (C=O) groups is 1. The standard InChI is InChI=1S/C14H18N2O2/c15-7-10-1-3-11(4-2-10)14(17)16-8-12-5-6-13(9-16)18-12/h1-4,12-13H,5-9,15H2. The highest BCUT2D eigenvalue weighted by Crippen LogP contribution is 2.27. The van der Waals surface area contributed by atoms with Gasteiger partial charge in [0.15, 0.2) is 0 Å². The molecule has 2 aliphatic rings. The van der Waals surface area contributed by atoms with E-state index in [1.165, 1.54) is 0 Å². The van der Waals surface area contributed by atoms with Crippen molar-refractivity contribution in [3.05, 3.63) is 35.4 Å². The Bertz CT molecular complexity index is 432. The van der Waals surface area contributed by atoms with Crippen LogP contribution >= 0.6 is 0 Å². The number of likely N-dealkylation sites (tertiary alicyclic amines) is 1. The molecule has 4 heteroatoms. The van der Waals surface area contributed by atoms with E-state index in [1.54, 1.807) is 0 Å². The molecule has 2 saturated heterocycles. The second-order valence-electron chi connectivity index (χ2n) is 5.07. The first-order valence-corrected chi connectivity index (χ1v) is 6.50. The fraction of sp³-hybridized carbons (Fsp3) is 0.500. The predicted octanol–water partition coefficient (Wildman–Crippen LogP) is 1.15. The number of ether oxygens (including phenoxy) is 1. The summed E-state index contributed by atoms with van der Waals surface area (Å²) in [7, 11) is 0. The molecular weight excluding hydrogens is 228 g/mol. The number of benzene rings is 1. The highest BCUT2D eigenvalue weighted by Gasteiger charge is 2.35. The van der Waals surface area contributed by atoms with Crippen LogP contribution in [0.1, 0.15) is 28.8 Å². The monoisotopic (exact) mass is 246 g/mol. The van der Waals surface area contributed by atoms with Gasteiger partial charge in [-0.25, -0.2) is 0 Å². The molecule has 1 amide bonds. The summed E-state index contributed by atoms with van der Waals surface area (Å²) in [6.45, 7) is 1.97. The number of fused-ring (bicyclic) bond motifs is 2. The molecule has 0 radical (unpaired) electrons. The van der Waals surface area contributed by atoms with Crippen LogP contribution in [0.25, 0.3) is 0 Å². The van der Waals surface area contributed by atoms with E-state index in [9.17, 15) is 4.79 Å². The zero-order chi connectivity index (χ0) is 12.5. The minimum Gasteiger partial charge on any atom is -0.371 e. The number of nitrogens with two attached hydrogens (primary N) is 1. The first kappa shape index (κ1) is 11.7. The smallest absolute Gasteiger partial charge is 0.254 e. The van der Waals surface area contributed by atoms with Gasteiger partial charge in [0.05, 0.1) is 12.2 Å². The molecule has 1 aromatic carbocycles. The maximum atomic E-state index is 12.4. The zero-order valence-electron chi connectivity index (χ0n) is 10.3. The quantitative estimate of drug-likeness (QED) is 0.851. The van der Waals surface area contributed by atoms with Crippen molar-refractivity contribution >= 4 is 5.91 Å². The molecule has 2 aliphatic heterocycles. The van der Waals surface area contributed by atoms with Gasteiger partial charge in [0.1, 0.15) is 0 Å². The van der Waals surface area contributed by atoms with Crippen LogP contribution in [0.2, 0.25) is 0 Å². The van der Waals surface area contributed by atoms with E-state index in [-0.39, 0.29) is 18.1 Å².